The molecule has 0 aromatic rings. The first-order chi connectivity index (χ1) is 8.31. The lowest BCUT2D eigenvalue weighted by atomic mass is 9.95. The van der Waals surface area contributed by atoms with Crippen LogP contribution < -0.4 is 11.1 Å². The first-order valence-electron chi connectivity index (χ1n) is 6.70. The van der Waals surface area contributed by atoms with Gasteiger partial charge in [-0.05, 0) is 66.2 Å². The molecule has 3 N–H and O–H groups in total. The minimum atomic E-state index is -0.455. The second-order valence-electron chi connectivity index (χ2n) is 6.13. The third-order valence-electron chi connectivity index (χ3n) is 3.28. The summed E-state index contributed by atoms with van der Waals surface area (Å²) in [5.74, 6) is 0.336. The van der Waals surface area contributed by atoms with Crippen LogP contribution in [-0.2, 0) is 4.74 Å². The minimum absolute atomic E-state index is 0.120. The van der Waals surface area contributed by atoms with Crippen molar-refractivity contribution in [1.29, 1.82) is 0 Å². The number of nitrogens with two attached hydrogens (primary N) is 1. The van der Waals surface area contributed by atoms with Crippen LogP contribution in [0.1, 0.15) is 33.6 Å². The summed E-state index contributed by atoms with van der Waals surface area (Å²) in [6.07, 6.45) is 1.61. The van der Waals surface area contributed by atoms with Crippen molar-refractivity contribution in [1.82, 2.24) is 10.2 Å². The molecule has 0 aromatic carbocycles. The van der Waals surface area contributed by atoms with Gasteiger partial charge in [0.05, 0.1) is 0 Å². The summed E-state index contributed by atoms with van der Waals surface area (Å²) < 4.78 is 5.30. The molecule has 0 saturated carbocycles. The average Bonchev–Trinajstić information content (AvgIpc) is 2.39. The first-order valence-corrected chi connectivity index (χ1v) is 6.70. The maximum atomic E-state index is 11.8. The number of likely N-dealkylation sites (tertiary alicyclic amines) is 1. The Balaban J connectivity index is 2.54. The van der Waals surface area contributed by atoms with Crippen LogP contribution >= 0.6 is 0 Å². The zero-order valence-electron chi connectivity index (χ0n) is 12.0. The summed E-state index contributed by atoms with van der Waals surface area (Å²) in [7, 11) is 2.10. The smallest absolute Gasteiger partial charge is 0.407 e. The molecule has 1 heterocycles. The summed E-state index contributed by atoms with van der Waals surface area (Å²) in [6, 6.07) is 0.120. The zero-order chi connectivity index (χ0) is 13.8. The van der Waals surface area contributed by atoms with Crippen molar-refractivity contribution in [3.63, 3.8) is 0 Å². The maximum Gasteiger partial charge on any atom is 0.407 e. The van der Waals surface area contributed by atoms with Crippen molar-refractivity contribution >= 4 is 6.09 Å². The molecule has 0 radical (unpaired) electrons. The molecular formula is C13H27N3O2. The van der Waals surface area contributed by atoms with Crippen LogP contribution in [0.2, 0.25) is 0 Å². The molecule has 2 atom stereocenters. The molecule has 2 unspecified atom stereocenters. The Morgan fingerprint density at radius 1 is 1.39 bits per heavy atom. The van der Waals surface area contributed by atoms with E-state index < -0.39 is 5.60 Å². The fourth-order valence-corrected chi connectivity index (χ4v) is 2.23. The molecule has 1 aliphatic heterocycles. The van der Waals surface area contributed by atoms with E-state index in [1.807, 2.05) is 20.8 Å². The normalized spacial score (nSPS) is 26.5. The Labute approximate surface area is 110 Å². The quantitative estimate of drug-likeness (QED) is 0.779. The van der Waals surface area contributed by atoms with Crippen LogP contribution in [-0.4, -0.2) is 49.3 Å². The molecule has 0 aromatic heterocycles. The molecule has 1 amide bonds. The van der Waals surface area contributed by atoms with Crippen molar-refractivity contribution in [2.75, 3.05) is 26.7 Å². The van der Waals surface area contributed by atoms with Crippen LogP contribution in [0.15, 0.2) is 0 Å². The molecule has 1 aliphatic rings. The Morgan fingerprint density at radius 2 is 2.00 bits per heavy atom. The highest BCUT2D eigenvalue weighted by atomic mass is 16.6. The highest BCUT2D eigenvalue weighted by Gasteiger charge is 2.27. The summed E-state index contributed by atoms with van der Waals surface area (Å²) in [5.41, 5.74) is 5.35. The van der Waals surface area contributed by atoms with Crippen molar-refractivity contribution in [2.24, 2.45) is 11.7 Å². The van der Waals surface area contributed by atoms with E-state index in [1.165, 1.54) is 0 Å². The monoisotopic (exact) mass is 257 g/mol. The minimum Gasteiger partial charge on any atom is -0.444 e. The molecule has 106 valence electrons. The number of amides is 1. The van der Waals surface area contributed by atoms with Crippen LogP contribution in [0.5, 0.6) is 0 Å². The average molecular weight is 257 g/mol. The van der Waals surface area contributed by atoms with Gasteiger partial charge in [-0.2, -0.15) is 0 Å². The molecule has 5 heteroatoms. The van der Waals surface area contributed by atoms with Gasteiger partial charge in [0.25, 0.3) is 0 Å². The van der Waals surface area contributed by atoms with Gasteiger partial charge in [-0.15, -0.1) is 0 Å². The molecule has 0 spiro atoms. The highest BCUT2D eigenvalue weighted by Crippen LogP contribution is 2.17. The number of carbonyl (C=O) groups excluding carboxylic acids is 1. The van der Waals surface area contributed by atoms with E-state index in [4.69, 9.17) is 10.5 Å². The van der Waals surface area contributed by atoms with Gasteiger partial charge in [0.15, 0.2) is 0 Å². The molecule has 18 heavy (non-hydrogen) atoms. The zero-order valence-corrected chi connectivity index (χ0v) is 12.0. The van der Waals surface area contributed by atoms with Crippen molar-refractivity contribution in [3.05, 3.63) is 0 Å². The number of nitrogens with zero attached hydrogens (tertiary/aromatic N) is 1. The maximum absolute atomic E-state index is 11.8. The number of ether oxygens (including phenoxy) is 1. The lowest BCUT2D eigenvalue weighted by Crippen LogP contribution is -2.45. The van der Waals surface area contributed by atoms with Gasteiger partial charge in [0.1, 0.15) is 5.60 Å². The second-order valence-corrected chi connectivity index (χ2v) is 6.13. The van der Waals surface area contributed by atoms with Crippen LogP contribution in [0, 0.1) is 5.92 Å². The summed E-state index contributed by atoms with van der Waals surface area (Å²) in [6.45, 7) is 8.23. The van der Waals surface area contributed by atoms with E-state index >= 15 is 0 Å². The van der Waals surface area contributed by atoms with E-state index in [2.05, 4.69) is 17.3 Å². The van der Waals surface area contributed by atoms with Gasteiger partial charge in [-0.1, -0.05) is 0 Å². The van der Waals surface area contributed by atoms with E-state index in [9.17, 15) is 4.79 Å². The fraction of sp³-hybridized carbons (Fsp3) is 0.923. The lowest BCUT2D eigenvalue weighted by molar-refractivity contribution is 0.0485. The Kier molecular flexibility index (Phi) is 5.41. The third-order valence-corrected chi connectivity index (χ3v) is 3.28. The number of alkyl carbamates (subject to hydrolysis) is 1. The third kappa shape index (κ3) is 5.23. The SMILES string of the molecule is CN1CCC(CN)C(NC(=O)OC(C)(C)C)CC1. The van der Waals surface area contributed by atoms with E-state index in [0.29, 0.717) is 12.5 Å². The van der Waals surface area contributed by atoms with Crippen molar-refractivity contribution in [3.8, 4) is 0 Å². The number of hydrogen-bond donors (Lipinski definition) is 2. The predicted molar refractivity (Wildman–Crippen MR) is 72.4 cm³/mol. The molecule has 0 bridgehead atoms. The van der Waals surface area contributed by atoms with E-state index in [-0.39, 0.29) is 12.1 Å². The number of carbonyl (C=O) groups is 1. The topological polar surface area (TPSA) is 67.6 Å². The summed E-state index contributed by atoms with van der Waals surface area (Å²) in [4.78, 5) is 14.1. The predicted octanol–water partition coefficient (Wildman–Crippen LogP) is 1.18. The largest absolute Gasteiger partial charge is 0.444 e. The van der Waals surface area contributed by atoms with Crippen molar-refractivity contribution in [2.45, 2.75) is 45.3 Å². The van der Waals surface area contributed by atoms with Gasteiger partial charge >= 0.3 is 6.09 Å². The number of hydrogen-bond acceptors (Lipinski definition) is 4. The molecule has 1 fully saturated rings. The Bertz CT molecular complexity index is 276. The summed E-state index contributed by atoms with van der Waals surface area (Å²) in [5, 5.41) is 2.97. The standard InChI is InChI=1S/C13H27N3O2/c1-13(2,3)18-12(17)15-11-6-8-16(4)7-5-10(11)9-14/h10-11H,5-9,14H2,1-4H3,(H,15,17). The molecule has 1 saturated heterocycles. The van der Waals surface area contributed by atoms with Crippen LogP contribution in [0.4, 0.5) is 4.79 Å². The molecule has 1 rings (SSSR count). The van der Waals surface area contributed by atoms with Gasteiger partial charge < -0.3 is 20.7 Å². The molecule has 5 nitrogen and oxygen atoms in total. The molecule has 0 aliphatic carbocycles. The fourth-order valence-electron chi connectivity index (χ4n) is 2.23. The van der Waals surface area contributed by atoms with Gasteiger partial charge in [0, 0.05) is 6.04 Å². The highest BCUT2D eigenvalue weighted by molar-refractivity contribution is 5.68. The van der Waals surface area contributed by atoms with Gasteiger partial charge in [-0.3, -0.25) is 0 Å². The molecular weight excluding hydrogens is 230 g/mol. The number of rotatable bonds is 2. The van der Waals surface area contributed by atoms with E-state index in [1.54, 1.807) is 0 Å². The van der Waals surface area contributed by atoms with Crippen LogP contribution in [0.25, 0.3) is 0 Å². The Hall–Kier alpha value is -0.810. The van der Waals surface area contributed by atoms with Gasteiger partial charge in [0.2, 0.25) is 0 Å². The lowest BCUT2D eigenvalue weighted by Gasteiger charge is -2.27. The van der Waals surface area contributed by atoms with Gasteiger partial charge in [-0.25, -0.2) is 4.79 Å². The first kappa shape index (κ1) is 15.2. The van der Waals surface area contributed by atoms with Crippen LogP contribution in [0.3, 0.4) is 0 Å². The summed E-state index contributed by atoms with van der Waals surface area (Å²) >= 11 is 0. The van der Waals surface area contributed by atoms with E-state index in [0.717, 1.165) is 25.9 Å². The Morgan fingerprint density at radius 3 is 2.56 bits per heavy atom. The number of nitrogens with one attached hydrogen (secondary N) is 1. The van der Waals surface area contributed by atoms with Crippen molar-refractivity contribution < 1.29 is 9.53 Å². The second kappa shape index (κ2) is 6.38.